The first kappa shape index (κ1) is 18.2. The number of carboxylic acids is 1. The van der Waals surface area contributed by atoms with Crippen molar-refractivity contribution in [3.8, 4) is 0 Å². The fourth-order valence-corrected chi connectivity index (χ4v) is 1.86. The molecular weight excluding hydrogens is 262 g/mol. The molecule has 116 valence electrons. The average molecular weight is 287 g/mol. The third-order valence-electron chi connectivity index (χ3n) is 3.38. The van der Waals surface area contributed by atoms with Crippen LogP contribution in [0, 0.1) is 0 Å². The van der Waals surface area contributed by atoms with Gasteiger partial charge in [-0.15, -0.1) is 0 Å². The number of urea groups is 1. The van der Waals surface area contributed by atoms with Crippen LogP contribution < -0.4 is 11.1 Å². The van der Waals surface area contributed by atoms with E-state index in [9.17, 15) is 19.5 Å². The molecule has 0 saturated carbocycles. The summed E-state index contributed by atoms with van der Waals surface area (Å²) < 4.78 is 0. The first-order chi connectivity index (χ1) is 9.32. The number of nitrogens with two attached hydrogens (primary N) is 1. The Morgan fingerprint density at radius 2 is 1.75 bits per heavy atom. The van der Waals surface area contributed by atoms with Gasteiger partial charge in [-0.3, -0.25) is 4.79 Å². The fourth-order valence-electron chi connectivity index (χ4n) is 1.86. The van der Waals surface area contributed by atoms with Gasteiger partial charge in [0.25, 0.3) is 0 Å². The quantitative estimate of drug-likeness (QED) is 0.585. The van der Waals surface area contributed by atoms with Crippen LogP contribution in [-0.4, -0.2) is 46.5 Å². The molecule has 0 radical (unpaired) electrons. The van der Waals surface area contributed by atoms with Crippen molar-refractivity contribution in [2.75, 3.05) is 13.1 Å². The third kappa shape index (κ3) is 5.07. The highest BCUT2D eigenvalue weighted by Crippen LogP contribution is 2.16. The molecule has 0 aliphatic rings. The van der Waals surface area contributed by atoms with E-state index in [1.54, 1.807) is 13.8 Å². The number of carbonyl (C=O) groups excluding carboxylic acids is 2. The zero-order valence-corrected chi connectivity index (χ0v) is 12.4. The van der Waals surface area contributed by atoms with Crippen LogP contribution in [0.3, 0.4) is 0 Å². The van der Waals surface area contributed by atoms with Crippen molar-refractivity contribution in [2.24, 2.45) is 5.73 Å². The Morgan fingerprint density at radius 3 is 2.10 bits per heavy atom. The zero-order chi connectivity index (χ0) is 15.8. The van der Waals surface area contributed by atoms with Crippen LogP contribution >= 0.6 is 0 Å². The largest absolute Gasteiger partial charge is 0.480 e. The van der Waals surface area contributed by atoms with Gasteiger partial charge in [-0.05, 0) is 19.3 Å². The van der Waals surface area contributed by atoms with Crippen molar-refractivity contribution in [2.45, 2.75) is 52.0 Å². The molecule has 3 amide bonds. The Hall–Kier alpha value is -1.79. The SMILES string of the molecule is CCCCN(CC(N)=O)C(=O)NC(CC)(CC)C(=O)O. The van der Waals surface area contributed by atoms with E-state index in [2.05, 4.69) is 5.32 Å². The highest BCUT2D eigenvalue weighted by atomic mass is 16.4. The fraction of sp³-hybridized carbons (Fsp3) is 0.769. The monoisotopic (exact) mass is 287 g/mol. The second kappa shape index (κ2) is 8.39. The molecule has 0 aliphatic heterocycles. The molecule has 0 aromatic rings. The van der Waals surface area contributed by atoms with Gasteiger partial charge in [0, 0.05) is 6.54 Å². The van der Waals surface area contributed by atoms with Gasteiger partial charge in [0.05, 0.1) is 0 Å². The molecule has 0 heterocycles. The summed E-state index contributed by atoms with van der Waals surface area (Å²) in [5, 5.41) is 11.8. The molecule has 0 bridgehead atoms. The number of nitrogens with zero attached hydrogens (tertiary/aromatic N) is 1. The number of aliphatic carboxylic acids is 1. The van der Waals surface area contributed by atoms with E-state index >= 15 is 0 Å². The van der Waals surface area contributed by atoms with E-state index in [1.807, 2.05) is 6.92 Å². The first-order valence-corrected chi connectivity index (χ1v) is 6.91. The van der Waals surface area contributed by atoms with Crippen molar-refractivity contribution in [1.82, 2.24) is 10.2 Å². The van der Waals surface area contributed by atoms with Crippen molar-refractivity contribution >= 4 is 17.9 Å². The number of carbonyl (C=O) groups is 3. The number of hydrogen-bond acceptors (Lipinski definition) is 3. The number of rotatable bonds is 9. The number of carboxylic acid groups (broad SMARTS) is 1. The highest BCUT2D eigenvalue weighted by molar-refractivity contribution is 5.88. The summed E-state index contributed by atoms with van der Waals surface area (Å²) in [6.07, 6.45) is 2.11. The molecule has 0 atom stereocenters. The van der Waals surface area contributed by atoms with Gasteiger partial charge in [0.2, 0.25) is 5.91 Å². The number of unbranched alkanes of at least 4 members (excludes halogenated alkanes) is 1. The van der Waals surface area contributed by atoms with Crippen LogP contribution in [0.2, 0.25) is 0 Å². The van der Waals surface area contributed by atoms with Crippen molar-refractivity contribution in [3.63, 3.8) is 0 Å². The lowest BCUT2D eigenvalue weighted by molar-refractivity contribution is -0.144. The first-order valence-electron chi connectivity index (χ1n) is 6.91. The highest BCUT2D eigenvalue weighted by Gasteiger charge is 2.37. The summed E-state index contributed by atoms with van der Waals surface area (Å²) in [5.41, 5.74) is 3.81. The lowest BCUT2D eigenvalue weighted by Gasteiger charge is -2.31. The van der Waals surface area contributed by atoms with Crippen LogP contribution in [0.5, 0.6) is 0 Å². The maximum atomic E-state index is 12.2. The Balaban J connectivity index is 4.95. The number of nitrogens with one attached hydrogen (secondary N) is 1. The predicted octanol–water partition coefficient (Wildman–Crippen LogP) is 0.927. The smallest absolute Gasteiger partial charge is 0.329 e. The van der Waals surface area contributed by atoms with Crippen molar-refractivity contribution in [1.29, 1.82) is 0 Å². The summed E-state index contributed by atoms with van der Waals surface area (Å²) in [6, 6.07) is -0.566. The number of amides is 3. The second-order valence-electron chi connectivity index (χ2n) is 4.77. The van der Waals surface area contributed by atoms with Crippen LogP contribution in [-0.2, 0) is 9.59 Å². The van der Waals surface area contributed by atoms with Gasteiger partial charge < -0.3 is 21.1 Å². The van der Waals surface area contributed by atoms with E-state index in [-0.39, 0.29) is 19.4 Å². The maximum Gasteiger partial charge on any atom is 0.329 e. The van der Waals surface area contributed by atoms with E-state index in [4.69, 9.17) is 5.73 Å². The molecule has 0 aromatic heterocycles. The molecule has 7 nitrogen and oxygen atoms in total. The molecule has 0 aromatic carbocycles. The summed E-state index contributed by atoms with van der Waals surface area (Å²) in [4.78, 5) is 35.8. The van der Waals surface area contributed by atoms with Gasteiger partial charge in [0.1, 0.15) is 12.1 Å². The molecular formula is C13H25N3O4. The molecule has 0 spiro atoms. The Kier molecular flexibility index (Phi) is 7.64. The molecule has 4 N–H and O–H groups in total. The standard InChI is InChI=1S/C13H25N3O4/c1-4-7-8-16(9-10(14)17)12(20)15-13(5-2,6-3)11(18)19/h4-9H2,1-3H3,(H2,14,17)(H,15,20)(H,18,19). The third-order valence-corrected chi connectivity index (χ3v) is 3.38. The minimum absolute atomic E-state index is 0.213. The topological polar surface area (TPSA) is 113 Å². The minimum Gasteiger partial charge on any atom is -0.480 e. The molecule has 0 rings (SSSR count). The Morgan fingerprint density at radius 1 is 1.20 bits per heavy atom. The normalized spacial score (nSPS) is 10.9. The summed E-state index contributed by atoms with van der Waals surface area (Å²) >= 11 is 0. The van der Waals surface area contributed by atoms with Gasteiger partial charge in [0.15, 0.2) is 0 Å². The average Bonchev–Trinajstić information content (AvgIpc) is 2.39. The van der Waals surface area contributed by atoms with E-state index < -0.39 is 23.4 Å². The van der Waals surface area contributed by atoms with Gasteiger partial charge >= 0.3 is 12.0 Å². The lowest BCUT2D eigenvalue weighted by atomic mass is 9.93. The Bertz CT molecular complexity index is 354. The van der Waals surface area contributed by atoms with E-state index in [1.165, 1.54) is 4.90 Å². The van der Waals surface area contributed by atoms with Crippen LogP contribution in [0.15, 0.2) is 0 Å². The predicted molar refractivity (Wildman–Crippen MR) is 75.2 cm³/mol. The Labute approximate surface area is 119 Å². The van der Waals surface area contributed by atoms with Crippen molar-refractivity contribution in [3.05, 3.63) is 0 Å². The van der Waals surface area contributed by atoms with E-state index in [0.29, 0.717) is 6.54 Å². The van der Waals surface area contributed by atoms with Crippen LogP contribution in [0.4, 0.5) is 4.79 Å². The summed E-state index contributed by atoms with van der Waals surface area (Å²) in [6.45, 7) is 5.51. The molecule has 7 heteroatoms. The minimum atomic E-state index is -1.31. The molecule has 0 aliphatic carbocycles. The van der Waals surface area contributed by atoms with Crippen LogP contribution in [0.25, 0.3) is 0 Å². The lowest BCUT2D eigenvalue weighted by Crippen LogP contribution is -2.58. The number of primary amides is 1. The summed E-state index contributed by atoms with van der Waals surface area (Å²) in [7, 11) is 0. The van der Waals surface area contributed by atoms with Crippen LogP contribution in [0.1, 0.15) is 46.5 Å². The zero-order valence-electron chi connectivity index (χ0n) is 12.4. The van der Waals surface area contributed by atoms with Gasteiger partial charge in [-0.2, -0.15) is 0 Å². The molecule has 0 unspecified atom stereocenters. The molecule has 0 fully saturated rings. The molecule has 20 heavy (non-hydrogen) atoms. The van der Waals surface area contributed by atoms with Crippen molar-refractivity contribution < 1.29 is 19.5 Å². The second-order valence-corrected chi connectivity index (χ2v) is 4.77. The van der Waals surface area contributed by atoms with E-state index in [0.717, 1.165) is 12.8 Å². The van der Waals surface area contributed by atoms with Gasteiger partial charge in [-0.1, -0.05) is 27.2 Å². The maximum absolute atomic E-state index is 12.2. The molecule has 0 saturated heterocycles. The summed E-state index contributed by atoms with van der Waals surface area (Å²) in [5.74, 6) is -1.70. The van der Waals surface area contributed by atoms with Gasteiger partial charge in [-0.25, -0.2) is 9.59 Å². The number of hydrogen-bond donors (Lipinski definition) is 3.